The number of imidazole rings is 1. The van der Waals surface area contributed by atoms with E-state index in [2.05, 4.69) is 42.2 Å². The third-order valence-corrected chi connectivity index (χ3v) is 4.89. The van der Waals surface area contributed by atoms with Gasteiger partial charge in [-0.1, -0.05) is 97.4 Å². The molecule has 1 aliphatic heterocycles. The zero-order valence-corrected chi connectivity index (χ0v) is 22.1. The van der Waals surface area contributed by atoms with E-state index in [1.54, 1.807) is 4.57 Å². The summed E-state index contributed by atoms with van der Waals surface area (Å²) < 4.78 is 1.74. The number of aryl methyl sites for hydroxylation is 2. The van der Waals surface area contributed by atoms with E-state index in [0.29, 0.717) is 0 Å². The second kappa shape index (κ2) is 13.4. The van der Waals surface area contributed by atoms with Crippen molar-refractivity contribution in [1.82, 2.24) is 9.55 Å². The van der Waals surface area contributed by atoms with Gasteiger partial charge >= 0.3 is 0 Å². The van der Waals surface area contributed by atoms with Gasteiger partial charge in [0.2, 0.25) is 0 Å². The molecular weight excluding hydrogens is 404 g/mol. The maximum atomic E-state index is 13.0. The lowest BCUT2D eigenvalue weighted by atomic mass is 9.99. The van der Waals surface area contributed by atoms with Gasteiger partial charge in [0.05, 0.1) is 16.6 Å². The average molecular weight is 445 g/mol. The first-order valence-electron chi connectivity index (χ1n) is 12.4. The van der Waals surface area contributed by atoms with Crippen LogP contribution in [0.25, 0.3) is 33.5 Å². The normalized spacial score (nSPS) is 10.2. The van der Waals surface area contributed by atoms with E-state index in [1.807, 2.05) is 92.6 Å². The van der Waals surface area contributed by atoms with Crippen LogP contribution in [0.15, 0.2) is 60.7 Å². The Labute approximate surface area is 200 Å². The summed E-state index contributed by atoms with van der Waals surface area (Å²) in [5.74, 6) is 0.753. The highest BCUT2D eigenvalue weighted by Crippen LogP contribution is 2.37. The zero-order valence-electron chi connectivity index (χ0n) is 22.1. The summed E-state index contributed by atoms with van der Waals surface area (Å²) >= 11 is 0. The Bertz CT molecular complexity index is 1170. The smallest absolute Gasteiger partial charge is 0.264 e. The van der Waals surface area contributed by atoms with E-state index in [-0.39, 0.29) is 5.91 Å². The fourth-order valence-corrected chi connectivity index (χ4v) is 3.53. The molecule has 176 valence electrons. The molecule has 2 heterocycles. The first-order valence-corrected chi connectivity index (χ1v) is 12.4. The zero-order chi connectivity index (χ0) is 25.1. The lowest BCUT2D eigenvalue weighted by Crippen LogP contribution is -2.05. The van der Waals surface area contributed by atoms with E-state index in [4.69, 9.17) is 0 Å². The molecule has 1 aliphatic rings. The van der Waals surface area contributed by atoms with Crippen LogP contribution in [0.3, 0.4) is 0 Å². The number of benzene rings is 3. The van der Waals surface area contributed by atoms with Crippen molar-refractivity contribution in [3.05, 3.63) is 77.4 Å². The highest BCUT2D eigenvalue weighted by atomic mass is 16.2. The summed E-state index contributed by atoms with van der Waals surface area (Å²) in [6.45, 7) is 20.1. The molecule has 0 fully saturated rings. The van der Waals surface area contributed by atoms with Crippen LogP contribution < -0.4 is 0 Å². The molecule has 3 aromatic carbocycles. The summed E-state index contributed by atoms with van der Waals surface area (Å²) in [5.41, 5.74) is 7.90. The van der Waals surface area contributed by atoms with Gasteiger partial charge in [0.15, 0.2) is 0 Å². The number of nitrogens with zero attached hydrogens (tertiary/aromatic N) is 2. The van der Waals surface area contributed by atoms with Crippen LogP contribution >= 0.6 is 0 Å². The highest BCUT2D eigenvalue weighted by Gasteiger charge is 2.30. The molecular formula is C30H40N2O. The second-order valence-electron chi connectivity index (χ2n) is 6.69. The standard InChI is InChI=1S/C22H16N2O.4C2H6/c1-13-3-6-15(7-4-13)16-8-9-17-18(12-16)22(25)24-20-11-14(2)5-10-19(20)23-21(17)24;4*1-2/h3-12H,1-2H3;4*1-2H3. The van der Waals surface area contributed by atoms with Crippen LogP contribution in [-0.2, 0) is 0 Å². The molecule has 0 aliphatic carbocycles. The van der Waals surface area contributed by atoms with E-state index < -0.39 is 0 Å². The van der Waals surface area contributed by atoms with Gasteiger partial charge in [-0.25, -0.2) is 4.98 Å². The number of aromatic nitrogens is 2. The molecule has 0 amide bonds. The van der Waals surface area contributed by atoms with E-state index in [0.717, 1.165) is 44.7 Å². The molecule has 0 saturated carbocycles. The summed E-state index contributed by atoms with van der Waals surface area (Å²) in [7, 11) is 0. The van der Waals surface area contributed by atoms with Crippen LogP contribution in [0.1, 0.15) is 76.9 Å². The maximum absolute atomic E-state index is 13.0. The minimum absolute atomic E-state index is 0.00654. The summed E-state index contributed by atoms with van der Waals surface area (Å²) in [6.07, 6.45) is 0. The molecule has 1 aromatic heterocycles. The molecule has 0 spiro atoms. The van der Waals surface area contributed by atoms with Crippen molar-refractivity contribution in [3.8, 4) is 22.5 Å². The molecule has 0 radical (unpaired) electrons. The van der Waals surface area contributed by atoms with Crippen LogP contribution in [0.5, 0.6) is 0 Å². The maximum Gasteiger partial charge on any atom is 0.264 e. The van der Waals surface area contributed by atoms with Crippen molar-refractivity contribution in [2.75, 3.05) is 0 Å². The Hall–Kier alpha value is -3.20. The predicted octanol–water partition coefficient (Wildman–Crippen LogP) is 9.09. The monoisotopic (exact) mass is 444 g/mol. The van der Waals surface area contributed by atoms with Crippen LogP contribution in [0.2, 0.25) is 0 Å². The van der Waals surface area contributed by atoms with Crippen molar-refractivity contribution in [2.45, 2.75) is 69.2 Å². The summed E-state index contributed by atoms with van der Waals surface area (Å²) in [5, 5.41) is 0. The third-order valence-electron chi connectivity index (χ3n) is 4.89. The number of carbonyl (C=O) groups excluding carboxylic acids is 1. The van der Waals surface area contributed by atoms with Gasteiger partial charge in [-0.2, -0.15) is 0 Å². The van der Waals surface area contributed by atoms with Gasteiger partial charge in [0, 0.05) is 5.56 Å². The van der Waals surface area contributed by atoms with Gasteiger partial charge in [-0.05, 0) is 54.8 Å². The van der Waals surface area contributed by atoms with Crippen molar-refractivity contribution in [1.29, 1.82) is 0 Å². The fourth-order valence-electron chi connectivity index (χ4n) is 3.53. The number of hydrogen-bond acceptors (Lipinski definition) is 2. The minimum atomic E-state index is 0.00654. The van der Waals surface area contributed by atoms with E-state index in [9.17, 15) is 4.79 Å². The number of carbonyl (C=O) groups is 1. The molecule has 0 saturated heterocycles. The van der Waals surface area contributed by atoms with Crippen LogP contribution in [-0.4, -0.2) is 15.5 Å². The van der Waals surface area contributed by atoms with Crippen molar-refractivity contribution in [3.63, 3.8) is 0 Å². The molecule has 4 aromatic rings. The Balaban J connectivity index is 0.000000619. The van der Waals surface area contributed by atoms with Crippen molar-refractivity contribution >= 4 is 16.9 Å². The Morgan fingerprint density at radius 1 is 0.606 bits per heavy atom. The van der Waals surface area contributed by atoms with Gasteiger partial charge in [0.1, 0.15) is 5.82 Å². The Kier molecular flexibility index (Phi) is 11.3. The third kappa shape index (κ3) is 5.60. The fraction of sp³-hybridized carbons (Fsp3) is 0.333. The van der Waals surface area contributed by atoms with E-state index in [1.165, 1.54) is 5.56 Å². The molecule has 5 rings (SSSR count). The Morgan fingerprint density at radius 2 is 1.15 bits per heavy atom. The lowest BCUT2D eigenvalue weighted by Gasteiger charge is -2.05. The first-order chi connectivity index (χ1) is 16.1. The SMILES string of the molecule is CC.CC.CC.CC.Cc1ccc(-c2ccc3c(c2)C(=O)n2c-3nc3ccc(C)cc32)cc1. The lowest BCUT2D eigenvalue weighted by molar-refractivity contribution is 0.0973. The van der Waals surface area contributed by atoms with Crippen LogP contribution in [0, 0.1) is 13.8 Å². The molecule has 0 unspecified atom stereocenters. The quantitative estimate of drug-likeness (QED) is 0.258. The minimum Gasteiger partial charge on any atom is -0.268 e. The largest absolute Gasteiger partial charge is 0.268 e. The predicted molar refractivity (Wildman–Crippen MR) is 145 cm³/mol. The van der Waals surface area contributed by atoms with Gasteiger partial charge in [-0.3, -0.25) is 9.36 Å². The topological polar surface area (TPSA) is 34.9 Å². The summed E-state index contributed by atoms with van der Waals surface area (Å²) in [6, 6.07) is 20.5. The van der Waals surface area contributed by atoms with E-state index >= 15 is 0 Å². The summed E-state index contributed by atoms with van der Waals surface area (Å²) in [4.78, 5) is 17.7. The number of hydrogen-bond donors (Lipinski definition) is 0. The molecule has 0 atom stereocenters. The Morgan fingerprint density at radius 3 is 1.76 bits per heavy atom. The van der Waals surface area contributed by atoms with Gasteiger partial charge in [-0.15, -0.1) is 0 Å². The average Bonchev–Trinajstić information content (AvgIpc) is 3.39. The second-order valence-corrected chi connectivity index (χ2v) is 6.69. The highest BCUT2D eigenvalue weighted by molar-refractivity contribution is 6.13. The number of rotatable bonds is 1. The molecule has 33 heavy (non-hydrogen) atoms. The number of fused-ring (bicyclic) bond motifs is 5. The first kappa shape index (κ1) is 27.8. The molecule has 3 nitrogen and oxygen atoms in total. The molecule has 3 heteroatoms. The van der Waals surface area contributed by atoms with Crippen molar-refractivity contribution in [2.24, 2.45) is 0 Å². The molecule has 0 bridgehead atoms. The van der Waals surface area contributed by atoms with Crippen molar-refractivity contribution < 1.29 is 4.79 Å². The van der Waals surface area contributed by atoms with Crippen LogP contribution in [0.4, 0.5) is 0 Å². The molecule has 0 N–H and O–H groups in total. The van der Waals surface area contributed by atoms with Gasteiger partial charge in [0.25, 0.3) is 5.91 Å². The van der Waals surface area contributed by atoms with Gasteiger partial charge < -0.3 is 0 Å².